The van der Waals surface area contributed by atoms with Crippen LogP contribution >= 0.6 is 43.6 Å². The van der Waals surface area contributed by atoms with Crippen LogP contribution < -0.4 is 4.74 Å². The van der Waals surface area contributed by atoms with Crippen LogP contribution in [0.3, 0.4) is 0 Å². The van der Waals surface area contributed by atoms with Gasteiger partial charge in [-0.15, -0.1) is 0 Å². The lowest BCUT2D eigenvalue weighted by Gasteiger charge is -2.23. The molecule has 0 heterocycles. The molecule has 0 bridgehead atoms. The van der Waals surface area contributed by atoms with Crippen molar-refractivity contribution in [2.45, 2.75) is 40.4 Å². The summed E-state index contributed by atoms with van der Waals surface area (Å²) in [6.45, 7) is 3.76. The average molecular weight is 512 g/mol. The molecule has 0 aliphatic rings. The summed E-state index contributed by atoms with van der Waals surface area (Å²) in [5.41, 5.74) is 1.08. The monoisotopic (exact) mass is 510 g/mol. The van der Waals surface area contributed by atoms with Crippen LogP contribution in [0.25, 0.3) is 0 Å². The molecule has 0 aliphatic carbocycles. The molecule has 0 aliphatic heterocycles. The van der Waals surface area contributed by atoms with Gasteiger partial charge in [0.2, 0.25) is 0 Å². The molecule has 1 aromatic carbocycles. The normalized spacial score (nSPS) is 13.6. The topological polar surface area (TPSA) is 89.9 Å². The van der Waals surface area contributed by atoms with Crippen molar-refractivity contribution >= 4 is 61.5 Å². The molecule has 9 heteroatoms. The number of hydrogen-bond donors (Lipinski definition) is 1. The predicted octanol–water partition coefficient (Wildman–Crippen LogP) is 3.78. The quantitative estimate of drug-likeness (QED) is 0.306. The van der Waals surface area contributed by atoms with E-state index in [1.807, 2.05) is 38.1 Å². The van der Waals surface area contributed by atoms with Crippen molar-refractivity contribution in [1.29, 1.82) is 0 Å². The van der Waals surface area contributed by atoms with E-state index >= 15 is 0 Å². The van der Waals surface area contributed by atoms with Crippen molar-refractivity contribution in [3.63, 3.8) is 0 Å². The highest BCUT2D eigenvalue weighted by molar-refractivity contribution is 9.12. The Labute approximate surface area is 173 Å². The number of carboxylic acid groups (broad SMARTS) is 1. The van der Waals surface area contributed by atoms with E-state index in [4.69, 9.17) is 14.6 Å². The van der Waals surface area contributed by atoms with Crippen molar-refractivity contribution < 1.29 is 29.0 Å². The minimum Gasteiger partial charge on any atom is -0.497 e. The molecule has 0 aromatic heterocycles. The van der Waals surface area contributed by atoms with E-state index < -0.39 is 32.3 Å². The second-order valence-electron chi connectivity index (χ2n) is 6.01. The zero-order chi connectivity index (χ0) is 19.9. The largest absolute Gasteiger partial charge is 0.497 e. The van der Waals surface area contributed by atoms with Gasteiger partial charge in [-0.2, -0.15) is 11.8 Å². The number of halogens is 2. The molecule has 0 radical (unpaired) electrons. The van der Waals surface area contributed by atoms with Crippen molar-refractivity contribution in [2.75, 3.05) is 7.11 Å². The summed E-state index contributed by atoms with van der Waals surface area (Å²) < 4.78 is 9.41. The predicted molar refractivity (Wildman–Crippen MR) is 107 cm³/mol. The number of rotatable bonds is 9. The van der Waals surface area contributed by atoms with Crippen LogP contribution in [0.5, 0.6) is 5.75 Å². The Hall–Kier alpha value is -1.06. The Balaban J connectivity index is 2.52. The first kappa shape index (κ1) is 23.0. The lowest BCUT2D eigenvalue weighted by Crippen LogP contribution is -2.34. The van der Waals surface area contributed by atoms with Crippen LogP contribution in [0.2, 0.25) is 0 Å². The fourth-order valence-corrected chi connectivity index (χ4v) is 3.35. The summed E-state index contributed by atoms with van der Waals surface area (Å²) in [6.07, 6.45) is 0.0132. The molecule has 1 N–H and O–H groups in total. The lowest BCUT2D eigenvalue weighted by molar-refractivity contribution is -0.160. The third-order valence-corrected chi connectivity index (χ3v) is 7.23. The number of alkyl halides is 2. The number of ether oxygens (including phenoxy) is 2. The van der Waals surface area contributed by atoms with Gasteiger partial charge in [0, 0.05) is 10.5 Å². The standard InChI is InChI=1S/C17H20Br2O6S/c1-17(2,26-9-10-4-6-11(24-3)7-5-10)8-12(20)25-16(23)14(19)13(18)15(21)22/h4-7,13-14H,8-9H2,1-3H3,(H,21,22). The van der Waals surface area contributed by atoms with Gasteiger partial charge in [-0.05, 0) is 17.7 Å². The summed E-state index contributed by atoms with van der Waals surface area (Å²) in [5.74, 6) is -1.41. The molecule has 1 rings (SSSR count). The fourth-order valence-electron chi connectivity index (χ4n) is 1.85. The molecule has 2 atom stereocenters. The first-order valence-electron chi connectivity index (χ1n) is 7.58. The molecule has 0 amide bonds. The van der Waals surface area contributed by atoms with Crippen LogP contribution in [-0.2, 0) is 24.9 Å². The molecule has 0 saturated carbocycles. The van der Waals surface area contributed by atoms with Crippen molar-refractivity contribution in [3.8, 4) is 5.75 Å². The summed E-state index contributed by atoms with van der Waals surface area (Å²) in [7, 11) is 1.60. The van der Waals surface area contributed by atoms with Crippen LogP contribution in [-0.4, -0.2) is 44.5 Å². The van der Waals surface area contributed by atoms with E-state index in [2.05, 4.69) is 31.9 Å². The molecule has 2 unspecified atom stereocenters. The Morgan fingerprint density at radius 3 is 2.23 bits per heavy atom. The van der Waals surface area contributed by atoms with Gasteiger partial charge in [-0.1, -0.05) is 57.8 Å². The summed E-state index contributed by atoms with van der Waals surface area (Å²) in [5, 5.41) is 8.85. The van der Waals surface area contributed by atoms with E-state index in [1.165, 1.54) is 0 Å². The van der Waals surface area contributed by atoms with Gasteiger partial charge >= 0.3 is 17.9 Å². The Bertz CT molecular complexity index is 647. The van der Waals surface area contributed by atoms with Gasteiger partial charge in [0.25, 0.3) is 0 Å². The average Bonchev–Trinajstić information content (AvgIpc) is 2.58. The molecule has 1 aromatic rings. The maximum atomic E-state index is 12.0. The zero-order valence-electron chi connectivity index (χ0n) is 14.5. The van der Waals surface area contributed by atoms with Crippen LogP contribution in [0.1, 0.15) is 25.8 Å². The Morgan fingerprint density at radius 2 is 1.73 bits per heavy atom. The SMILES string of the molecule is COc1ccc(CSC(C)(C)CC(=O)OC(=O)C(Br)C(Br)C(=O)O)cc1. The molecule has 0 spiro atoms. The maximum absolute atomic E-state index is 12.0. The third-order valence-electron chi connectivity index (χ3n) is 3.29. The molecule has 144 valence electrons. The highest BCUT2D eigenvalue weighted by Crippen LogP contribution is 2.32. The second kappa shape index (κ2) is 10.3. The van der Waals surface area contributed by atoms with Gasteiger partial charge in [-0.25, -0.2) is 0 Å². The van der Waals surface area contributed by atoms with Gasteiger partial charge < -0.3 is 14.6 Å². The Morgan fingerprint density at radius 1 is 1.15 bits per heavy atom. The highest BCUT2D eigenvalue weighted by Gasteiger charge is 2.33. The summed E-state index contributed by atoms with van der Waals surface area (Å²) >= 11 is 7.32. The summed E-state index contributed by atoms with van der Waals surface area (Å²) in [4.78, 5) is 32.3. The number of esters is 2. The second-order valence-corrected chi connectivity index (χ2v) is 9.66. The molecule has 0 saturated heterocycles. The maximum Gasteiger partial charge on any atom is 0.329 e. The zero-order valence-corrected chi connectivity index (χ0v) is 18.5. The highest BCUT2D eigenvalue weighted by atomic mass is 79.9. The number of benzene rings is 1. The van der Waals surface area contributed by atoms with E-state index in [0.717, 1.165) is 11.3 Å². The number of carbonyl (C=O) groups is 3. The van der Waals surface area contributed by atoms with Gasteiger partial charge in [0.1, 0.15) is 15.4 Å². The molecular formula is C17H20Br2O6S. The van der Waals surface area contributed by atoms with E-state index in [0.29, 0.717) is 5.75 Å². The van der Waals surface area contributed by atoms with Crippen LogP contribution in [0.4, 0.5) is 0 Å². The van der Waals surface area contributed by atoms with E-state index in [9.17, 15) is 14.4 Å². The molecular weight excluding hydrogens is 492 g/mol. The van der Waals surface area contributed by atoms with E-state index in [-0.39, 0.29) is 6.42 Å². The first-order valence-corrected chi connectivity index (χ1v) is 10.4. The number of methoxy groups -OCH3 is 1. The fraction of sp³-hybridized carbons (Fsp3) is 0.471. The number of hydrogen-bond acceptors (Lipinski definition) is 6. The number of aliphatic carboxylic acids is 1. The minimum atomic E-state index is -1.23. The van der Waals surface area contributed by atoms with Crippen molar-refractivity contribution in [3.05, 3.63) is 29.8 Å². The molecule has 26 heavy (non-hydrogen) atoms. The smallest absolute Gasteiger partial charge is 0.329 e. The minimum absolute atomic E-state index is 0.0132. The number of thioether (sulfide) groups is 1. The van der Waals surface area contributed by atoms with Crippen molar-refractivity contribution in [1.82, 2.24) is 0 Å². The summed E-state index contributed by atoms with van der Waals surface area (Å²) in [6, 6.07) is 7.62. The van der Waals surface area contributed by atoms with Gasteiger partial charge in [-0.3, -0.25) is 14.4 Å². The van der Waals surface area contributed by atoms with Crippen LogP contribution in [0, 0.1) is 0 Å². The van der Waals surface area contributed by atoms with Crippen LogP contribution in [0.15, 0.2) is 24.3 Å². The van der Waals surface area contributed by atoms with E-state index in [1.54, 1.807) is 18.9 Å². The third kappa shape index (κ3) is 7.67. The Kier molecular flexibility index (Phi) is 9.12. The molecule has 0 fully saturated rings. The lowest BCUT2D eigenvalue weighted by atomic mass is 10.1. The van der Waals surface area contributed by atoms with Gasteiger partial charge in [0.15, 0.2) is 0 Å². The van der Waals surface area contributed by atoms with Gasteiger partial charge in [0.05, 0.1) is 13.5 Å². The van der Waals surface area contributed by atoms with Crippen molar-refractivity contribution in [2.24, 2.45) is 0 Å². The first-order chi connectivity index (χ1) is 12.1. The number of carbonyl (C=O) groups excluding carboxylic acids is 2. The number of carboxylic acids is 1. The molecule has 6 nitrogen and oxygen atoms in total.